The van der Waals surface area contributed by atoms with Gasteiger partial charge < -0.3 is 16.0 Å². The van der Waals surface area contributed by atoms with Crippen LogP contribution in [0.3, 0.4) is 0 Å². The molecule has 0 atom stereocenters. The first-order valence-corrected chi connectivity index (χ1v) is 9.73. The largest absolute Gasteiger partial charge is 0.380 e. The van der Waals surface area contributed by atoms with Crippen molar-refractivity contribution in [3.05, 3.63) is 58.1 Å². The van der Waals surface area contributed by atoms with E-state index < -0.39 is 0 Å². The molecule has 2 aromatic carbocycles. The highest BCUT2D eigenvalue weighted by atomic mass is 35.5. The van der Waals surface area contributed by atoms with E-state index in [1.807, 2.05) is 30.3 Å². The molecule has 136 valence electrons. The maximum atomic E-state index is 11.8. The molecule has 26 heavy (non-hydrogen) atoms. The van der Waals surface area contributed by atoms with Crippen LogP contribution in [0.5, 0.6) is 0 Å². The van der Waals surface area contributed by atoms with Gasteiger partial charge in [-0.05, 0) is 73.7 Å². The topological polar surface area (TPSA) is 53.2 Å². The summed E-state index contributed by atoms with van der Waals surface area (Å²) in [5.74, 6) is 0.365. The Balaban J connectivity index is 1.43. The Morgan fingerprint density at radius 3 is 2.62 bits per heavy atom. The van der Waals surface area contributed by atoms with Gasteiger partial charge in [0.2, 0.25) is 5.91 Å². The Morgan fingerprint density at radius 2 is 1.85 bits per heavy atom. The van der Waals surface area contributed by atoms with Crippen molar-refractivity contribution in [2.24, 2.45) is 5.92 Å². The summed E-state index contributed by atoms with van der Waals surface area (Å²) in [6, 6.07) is 12.2. The van der Waals surface area contributed by atoms with Gasteiger partial charge in [-0.25, -0.2) is 0 Å². The van der Waals surface area contributed by atoms with Gasteiger partial charge in [-0.3, -0.25) is 4.79 Å². The predicted molar refractivity (Wildman–Crippen MR) is 107 cm³/mol. The third kappa shape index (κ3) is 4.02. The van der Waals surface area contributed by atoms with Crippen molar-refractivity contribution in [3.8, 4) is 0 Å². The lowest BCUT2D eigenvalue weighted by Gasteiger charge is -2.16. The van der Waals surface area contributed by atoms with Crippen LogP contribution in [0.25, 0.3) is 0 Å². The maximum Gasteiger partial charge on any atom is 0.227 e. The second-order valence-corrected chi connectivity index (χ2v) is 7.53. The van der Waals surface area contributed by atoms with Crippen molar-refractivity contribution in [1.29, 1.82) is 0 Å². The van der Waals surface area contributed by atoms with E-state index in [-0.39, 0.29) is 11.8 Å². The van der Waals surface area contributed by atoms with Crippen molar-refractivity contribution in [3.63, 3.8) is 0 Å². The van der Waals surface area contributed by atoms with Gasteiger partial charge in [0, 0.05) is 18.2 Å². The number of anilines is 2. The first-order chi connectivity index (χ1) is 12.7. The number of fused-ring (bicyclic) bond motifs is 1. The highest BCUT2D eigenvalue weighted by Gasteiger charge is 2.29. The van der Waals surface area contributed by atoms with Crippen LogP contribution in [0.1, 0.15) is 29.5 Å². The number of carbonyl (C=O) groups excluding carboxylic acids is 1. The third-order valence-corrected chi connectivity index (χ3v) is 5.44. The Morgan fingerprint density at radius 1 is 1.08 bits per heavy atom. The standard InChI is InChI=1S/C21H24ClN3O/c22-19-8-5-15-9-11-23-12-10-18(15)20(19)24-13-14-1-6-17(7-2-14)25-21(26)16-3-4-16/h1-2,5-8,16,23-24H,3-4,9-13H2,(H,25,26). The SMILES string of the molecule is O=C(Nc1ccc(CNc2c(Cl)ccc3c2CCNCC3)cc1)C1CC1. The molecule has 4 nitrogen and oxygen atoms in total. The van der Waals surface area contributed by atoms with Crippen LogP contribution >= 0.6 is 11.6 Å². The molecule has 1 heterocycles. The van der Waals surface area contributed by atoms with Gasteiger partial charge in [-0.2, -0.15) is 0 Å². The highest BCUT2D eigenvalue weighted by Crippen LogP contribution is 2.32. The summed E-state index contributed by atoms with van der Waals surface area (Å²) in [4.78, 5) is 11.8. The Labute approximate surface area is 159 Å². The van der Waals surface area contributed by atoms with Crippen LogP contribution in [0.15, 0.2) is 36.4 Å². The second-order valence-electron chi connectivity index (χ2n) is 7.12. The number of benzene rings is 2. The molecule has 0 unspecified atom stereocenters. The van der Waals surface area contributed by atoms with Gasteiger partial charge in [0.05, 0.1) is 10.7 Å². The lowest BCUT2D eigenvalue weighted by molar-refractivity contribution is -0.117. The number of carbonyl (C=O) groups is 1. The molecule has 0 spiro atoms. The zero-order chi connectivity index (χ0) is 17.9. The minimum atomic E-state index is 0.142. The zero-order valence-corrected chi connectivity index (χ0v) is 15.5. The molecule has 3 N–H and O–H groups in total. The number of rotatable bonds is 5. The molecular weight excluding hydrogens is 346 g/mol. The van der Waals surface area contributed by atoms with Crippen molar-refractivity contribution in [1.82, 2.24) is 5.32 Å². The quantitative estimate of drug-likeness (QED) is 0.747. The summed E-state index contributed by atoms with van der Waals surface area (Å²) in [7, 11) is 0. The van der Waals surface area contributed by atoms with E-state index in [0.29, 0.717) is 6.54 Å². The lowest BCUT2D eigenvalue weighted by atomic mass is 10.0. The minimum Gasteiger partial charge on any atom is -0.380 e. The van der Waals surface area contributed by atoms with Crippen LogP contribution < -0.4 is 16.0 Å². The van der Waals surface area contributed by atoms with Crippen molar-refractivity contribution >= 4 is 28.9 Å². The van der Waals surface area contributed by atoms with Crippen LogP contribution in [-0.2, 0) is 24.2 Å². The van der Waals surface area contributed by atoms with E-state index >= 15 is 0 Å². The second kappa shape index (κ2) is 7.68. The summed E-state index contributed by atoms with van der Waals surface area (Å²) < 4.78 is 0. The summed E-state index contributed by atoms with van der Waals surface area (Å²) in [6.45, 7) is 2.71. The molecule has 4 rings (SSSR count). The summed E-state index contributed by atoms with van der Waals surface area (Å²) in [5, 5.41) is 10.7. The molecule has 1 aliphatic heterocycles. The number of hydrogen-bond donors (Lipinski definition) is 3. The molecular formula is C21H24ClN3O. The van der Waals surface area contributed by atoms with Crippen molar-refractivity contribution in [2.45, 2.75) is 32.2 Å². The average molecular weight is 370 g/mol. The summed E-state index contributed by atoms with van der Waals surface area (Å²) in [6.07, 6.45) is 4.07. The van der Waals surface area contributed by atoms with Gasteiger partial charge in [0.25, 0.3) is 0 Å². The van der Waals surface area contributed by atoms with Gasteiger partial charge in [-0.15, -0.1) is 0 Å². The Kier molecular flexibility index (Phi) is 5.14. The van der Waals surface area contributed by atoms with E-state index in [9.17, 15) is 4.79 Å². The van der Waals surface area contributed by atoms with Crippen LogP contribution in [-0.4, -0.2) is 19.0 Å². The van der Waals surface area contributed by atoms with Gasteiger partial charge in [0.15, 0.2) is 0 Å². The highest BCUT2D eigenvalue weighted by molar-refractivity contribution is 6.33. The maximum absolute atomic E-state index is 11.8. The smallest absolute Gasteiger partial charge is 0.227 e. The van der Waals surface area contributed by atoms with E-state index in [2.05, 4.69) is 22.0 Å². The molecule has 0 aromatic heterocycles. The predicted octanol–water partition coefficient (Wildman–Crippen LogP) is 3.99. The number of amides is 1. The van der Waals surface area contributed by atoms with Gasteiger partial charge in [-0.1, -0.05) is 29.8 Å². The average Bonchev–Trinajstić information content (AvgIpc) is 3.49. The molecule has 5 heteroatoms. The number of hydrogen-bond acceptors (Lipinski definition) is 3. The first-order valence-electron chi connectivity index (χ1n) is 9.35. The monoisotopic (exact) mass is 369 g/mol. The molecule has 1 saturated carbocycles. The summed E-state index contributed by atoms with van der Waals surface area (Å²) in [5.41, 5.74) is 5.79. The fraction of sp³-hybridized carbons (Fsp3) is 0.381. The molecule has 1 fully saturated rings. The fourth-order valence-corrected chi connectivity index (χ4v) is 3.66. The molecule has 1 amide bonds. The normalized spacial score (nSPS) is 16.5. The zero-order valence-electron chi connectivity index (χ0n) is 14.8. The van der Waals surface area contributed by atoms with Gasteiger partial charge in [0.1, 0.15) is 0 Å². The molecule has 0 bridgehead atoms. The van der Waals surface area contributed by atoms with E-state index in [4.69, 9.17) is 11.6 Å². The molecule has 2 aromatic rings. The van der Waals surface area contributed by atoms with Crippen LogP contribution in [0.2, 0.25) is 5.02 Å². The van der Waals surface area contributed by atoms with Crippen molar-refractivity contribution in [2.75, 3.05) is 23.7 Å². The molecule has 0 radical (unpaired) electrons. The summed E-state index contributed by atoms with van der Waals surface area (Å²) >= 11 is 6.47. The lowest BCUT2D eigenvalue weighted by Crippen LogP contribution is -2.16. The number of halogens is 1. The van der Waals surface area contributed by atoms with Crippen LogP contribution in [0, 0.1) is 5.92 Å². The molecule has 0 saturated heterocycles. The van der Waals surface area contributed by atoms with Gasteiger partial charge >= 0.3 is 0 Å². The molecule has 2 aliphatic rings. The van der Waals surface area contributed by atoms with Crippen molar-refractivity contribution < 1.29 is 4.79 Å². The Hall–Kier alpha value is -2.04. The minimum absolute atomic E-state index is 0.142. The van der Waals surface area contributed by atoms with E-state index in [0.717, 1.165) is 60.7 Å². The first kappa shape index (κ1) is 17.4. The third-order valence-electron chi connectivity index (χ3n) is 5.12. The molecule has 1 aliphatic carbocycles. The fourth-order valence-electron chi connectivity index (χ4n) is 3.42. The van der Waals surface area contributed by atoms with E-state index in [1.165, 1.54) is 11.1 Å². The Bertz CT molecular complexity index is 800. The number of nitrogens with one attached hydrogen (secondary N) is 3. The van der Waals surface area contributed by atoms with Crippen LogP contribution in [0.4, 0.5) is 11.4 Å². The van der Waals surface area contributed by atoms with E-state index in [1.54, 1.807) is 0 Å².